The third-order valence-corrected chi connectivity index (χ3v) is 3.58. The van der Waals surface area contributed by atoms with Gasteiger partial charge >= 0.3 is 0 Å². The van der Waals surface area contributed by atoms with Gasteiger partial charge < -0.3 is 11.1 Å². The number of halogens is 2. The summed E-state index contributed by atoms with van der Waals surface area (Å²) in [5, 5.41) is 3.08. The lowest BCUT2D eigenvalue weighted by Gasteiger charge is -2.07. The molecule has 7 heteroatoms. The van der Waals surface area contributed by atoms with E-state index in [1.54, 1.807) is 0 Å². The molecule has 4 nitrogen and oxygen atoms in total. The predicted octanol–water partition coefficient (Wildman–Crippen LogP) is -0.435. The van der Waals surface area contributed by atoms with Gasteiger partial charge in [0, 0.05) is 19.1 Å². The minimum atomic E-state index is -2.73. The van der Waals surface area contributed by atoms with Gasteiger partial charge in [0.25, 0.3) is 0 Å². The van der Waals surface area contributed by atoms with Crippen LogP contribution in [0.2, 0.25) is 0 Å². The fourth-order valence-corrected chi connectivity index (χ4v) is 2.95. The van der Waals surface area contributed by atoms with Crippen LogP contribution < -0.4 is 11.1 Å². The largest absolute Gasteiger partial charge is 0.329 e. The molecule has 0 spiro atoms. The van der Waals surface area contributed by atoms with Crippen molar-refractivity contribution in [2.45, 2.75) is 12.5 Å². The first kappa shape index (κ1) is 15.9. The summed E-state index contributed by atoms with van der Waals surface area (Å²) in [4.78, 5) is 0. The van der Waals surface area contributed by atoms with E-state index in [4.69, 9.17) is 5.73 Å². The number of hydrogen-bond acceptors (Lipinski definition) is 4. The highest BCUT2D eigenvalue weighted by Gasteiger charge is 2.26. The van der Waals surface area contributed by atoms with E-state index in [9.17, 15) is 8.42 Å². The van der Waals surface area contributed by atoms with E-state index in [1.807, 2.05) is 0 Å². The van der Waals surface area contributed by atoms with Crippen LogP contribution in [0.25, 0.3) is 0 Å². The third kappa shape index (κ3) is 5.70. The van der Waals surface area contributed by atoms with Crippen LogP contribution in [0.3, 0.4) is 0 Å². The molecule has 0 amide bonds. The highest BCUT2D eigenvalue weighted by Crippen LogP contribution is 2.10. The Morgan fingerprint density at radius 1 is 1.38 bits per heavy atom. The lowest BCUT2D eigenvalue weighted by atomic mass is 10.3. The summed E-state index contributed by atoms with van der Waals surface area (Å²) in [7, 11) is -2.73. The number of nitrogens with two attached hydrogens (primary N) is 1. The van der Waals surface area contributed by atoms with Gasteiger partial charge in [-0.1, -0.05) is 0 Å². The van der Waals surface area contributed by atoms with E-state index >= 15 is 0 Å². The molecule has 1 fully saturated rings. The van der Waals surface area contributed by atoms with Crippen LogP contribution >= 0.6 is 24.8 Å². The van der Waals surface area contributed by atoms with Crippen molar-refractivity contribution < 1.29 is 8.42 Å². The third-order valence-electron chi connectivity index (χ3n) is 1.81. The lowest BCUT2D eigenvalue weighted by Crippen LogP contribution is -2.33. The molecule has 0 aromatic carbocycles. The zero-order valence-electron chi connectivity index (χ0n) is 7.23. The monoisotopic (exact) mass is 250 g/mol. The van der Waals surface area contributed by atoms with Crippen LogP contribution in [-0.2, 0) is 9.84 Å². The molecule has 0 aromatic rings. The highest BCUT2D eigenvalue weighted by molar-refractivity contribution is 7.91. The number of rotatable bonds is 3. The van der Waals surface area contributed by atoms with Gasteiger partial charge in [0.1, 0.15) is 0 Å². The molecule has 82 valence electrons. The molecule has 1 aliphatic heterocycles. The summed E-state index contributed by atoms with van der Waals surface area (Å²) in [6, 6.07) is 0.142. The van der Waals surface area contributed by atoms with Crippen LogP contribution in [0.4, 0.5) is 0 Å². The molecule has 0 radical (unpaired) electrons. The molecule has 0 saturated carbocycles. The fraction of sp³-hybridized carbons (Fsp3) is 1.00. The Bertz CT molecular complexity index is 221. The van der Waals surface area contributed by atoms with Gasteiger partial charge in [0.05, 0.1) is 11.5 Å². The van der Waals surface area contributed by atoms with E-state index in [2.05, 4.69) is 5.32 Å². The molecule has 13 heavy (non-hydrogen) atoms. The van der Waals surface area contributed by atoms with Gasteiger partial charge in [0.2, 0.25) is 0 Å². The molecule has 1 unspecified atom stereocenters. The standard InChI is InChI=1S/C6H14N2O2S.2ClH/c7-2-3-8-6-1-4-11(9,10)5-6;;/h6,8H,1-5,7H2;2*1H. The molecule has 3 N–H and O–H groups in total. The van der Waals surface area contributed by atoms with Crippen LogP contribution in [0.5, 0.6) is 0 Å². The molecular weight excluding hydrogens is 235 g/mol. The Kier molecular flexibility index (Phi) is 8.36. The molecule has 1 heterocycles. The van der Waals surface area contributed by atoms with Crippen LogP contribution in [-0.4, -0.2) is 39.1 Å². The molecule has 0 aliphatic carbocycles. The zero-order valence-corrected chi connectivity index (χ0v) is 9.68. The maximum atomic E-state index is 10.9. The summed E-state index contributed by atoms with van der Waals surface area (Å²) in [5.74, 6) is 0.613. The maximum absolute atomic E-state index is 10.9. The van der Waals surface area contributed by atoms with Gasteiger partial charge in [-0.3, -0.25) is 0 Å². The van der Waals surface area contributed by atoms with Crippen molar-refractivity contribution in [2.75, 3.05) is 24.6 Å². The Labute approximate surface area is 91.4 Å². The van der Waals surface area contributed by atoms with Crippen LogP contribution in [0.15, 0.2) is 0 Å². The van der Waals surface area contributed by atoms with Gasteiger partial charge in [-0.2, -0.15) is 0 Å². The van der Waals surface area contributed by atoms with Crippen molar-refractivity contribution in [1.82, 2.24) is 5.32 Å². The van der Waals surface area contributed by atoms with Crippen molar-refractivity contribution in [3.63, 3.8) is 0 Å². The van der Waals surface area contributed by atoms with Gasteiger partial charge in [-0.25, -0.2) is 8.42 Å². The first-order valence-corrected chi connectivity index (χ1v) is 5.60. The Morgan fingerprint density at radius 2 is 2.00 bits per heavy atom. The Hall–Kier alpha value is 0.450. The van der Waals surface area contributed by atoms with Crippen LogP contribution in [0.1, 0.15) is 6.42 Å². The second kappa shape index (κ2) is 6.84. The first-order chi connectivity index (χ1) is 5.14. The average Bonchev–Trinajstić information content (AvgIpc) is 2.26. The minimum absolute atomic E-state index is 0. The summed E-state index contributed by atoms with van der Waals surface area (Å²) in [6.07, 6.45) is 0.738. The number of sulfone groups is 1. The van der Waals surface area contributed by atoms with E-state index in [1.165, 1.54) is 0 Å². The number of nitrogens with one attached hydrogen (secondary N) is 1. The maximum Gasteiger partial charge on any atom is 0.151 e. The molecule has 1 rings (SSSR count). The SMILES string of the molecule is Cl.Cl.NCCNC1CCS(=O)(=O)C1. The summed E-state index contributed by atoms with van der Waals surface area (Å²) < 4.78 is 21.9. The van der Waals surface area contributed by atoms with E-state index in [-0.39, 0.29) is 36.6 Å². The average molecular weight is 251 g/mol. The van der Waals surface area contributed by atoms with Gasteiger partial charge in [-0.05, 0) is 6.42 Å². The molecule has 0 bridgehead atoms. The normalized spacial score (nSPS) is 24.5. The highest BCUT2D eigenvalue weighted by atomic mass is 35.5. The quantitative estimate of drug-likeness (QED) is 0.713. The smallest absolute Gasteiger partial charge is 0.151 e. The van der Waals surface area contributed by atoms with Gasteiger partial charge in [0.15, 0.2) is 9.84 Å². The Morgan fingerprint density at radius 3 is 2.38 bits per heavy atom. The van der Waals surface area contributed by atoms with Crippen LogP contribution in [0, 0.1) is 0 Å². The van der Waals surface area contributed by atoms with Crippen molar-refractivity contribution in [2.24, 2.45) is 5.73 Å². The summed E-state index contributed by atoms with van der Waals surface area (Å²) >= 11 is 0. The second-order valence-electron chi connectivity index (χ2n) is 2.84. The second-order valence-corrected chi connectivity index (χ2v) is 5.07. The molecule has 1 saturated heterocycles. The van der Waals surface area contributed by atoms with Crippen molar-refractivity contribution in [3.8, 4) is 0 Å². The topological polar surface area (TPSA) is 72.2 Å². The van der Waals surface area contributed by atoms with Crippen molar-refractivity contribution in [1.29, 1.82) is 0 Å². The lowest BCUT2D eigenvalue weighted by molar-refractivity contribution is 0.561. The molecular formula is C6H16Cl2N2O2S. The molecule has 1 atom stereocenters. The van der Waals surface area contributed by atoms with E-state index in [0.29, 0.717) is 18.8 Å². The van der Waals surface area contributed by atoms with E-state index in [0.717, 1.165) is 6.42 Å². The summed E-state index contributed by atoms with van der Waals surface area (Å²) in [6.45, 7) is 1.27. The van der Waals surface area contributed by atoms with E-state index < -0.39 is 9.84 Å². The minimum Gasteiger partial charge on any atom is -0.329 e. The zero-order chi connectivity index (χ0) is 8.32. The molecule has 0 aromatic heterocycles. The summed E-state index contributed by atoms with van der Waals surface area (Å²) in [5.41, 5.74) is 5.26. The van der Waals surface area contributed by atoms with Gasteiger partial charge in [-0.15, -0.1) is 24.8 Å². The molecule has 1 aliphatic rings. The predicted molar refractivity (Wildman–Crippen MR) is 58.6 cm³/mol. The van der Waals surface area contributed by atoms with Crippen molar-refractivity contribution >= 4 is 34.7 Å². The van der Waals surface area contributed by atoms with Crippen molar-refractivity contribution in [3.05, 3.63) is 0 Å². The first-order valence-electron chi connectivity index (χ1n) is 3.78. The number of hydrogen-bond donors (Lipinski definition) is 2. The Balaban J connectivity index is 0. The fourth-order valence-electron chi connectivity index (χ4n) is 1.24.